The van der Waals surface area contributed by atoms with Gasteiger partial charge in [0.2, 0.25) is 0 Å². The van der Waals surface area contributed by atoms with Crippen LogP contribution in [0.1, 0.15) is 34.3 Å². The predicted molar refractivity (Wildman–Crippen MR) is 112 cm³/mol. The van der Waals surface area contributed by atoms with Gasteiger partial charge in [0.25, 0.3) is 5.91 Å². The Morgan fingerprint density at radius 3 is 2.55 bits per heavy atom. The lowest BCUT2D eigenvalue weighted by atomic mass is 10.0. The van der Waals surface area contributed by atoms with E-state index in [0.29, 0.717) is 11.3 Å². The van der Waals surface area contributed by atoms with Gasteiger partial charge in [0.15, 0.2) is 12.4 Å². The number of hydrogen-bond donors (Lipinski definition) is 1. The van der Waals surface area contributed by atoms with Crippen molar-refractivity contribution in [1.82, 2.24) is 0 Å². The molecule has 0 aliphatic heterocycles. The maximum atomic E-state index is 12.2. The number of nitriles is 1. The number of hydrogen-bond acceptors (Lipinski definition) is 6. The minimum Gasteiger partial charge on any atom is -0.456 e. The number of nitrogens with zero attached hydrogens (tertiary/aromatic N) is 1. The summed E-state index contributed by atoms with van der Waals surface area (Å²) in [5.74, 6) is -0.970. The lowest BCUT2D eigenvalue weighted by molar-refractivity contribution is -0.147. The van der Waals surface area contributed by atoms with Crippen LogP contribution in [0.25, 0.3) is 0 Å². The zero-order chi connectivity index (χ0) is 21.2. The monoisotopic (exact) mass is 410 g/mol. The highest BCUT2D eigenvalue weighted by Gasteiger charge is 2.13. The van der Waals surface area contributed by atoms with Gasteiger partial charge in [0.05, 0.1) is 23.9 Å². The van der Waals surface area contributed by atoms with Crippen LogP contribution in [0.3, 0.4) is 0 Å². The zero-order valence-corrected chi connectivity index (χ0v) is 17.2. The molecule has 6 nitrogen and oxygen atoms in total. The SMILES string of the molecule is Cc1ccc(C(=O)CCC(=O)OCC(=O)Nc2ccccc2SCC#N)cc1C. The van der Waals surface area contributed by atoms with Gasteiger partial charge in [-0.15, -0.1) is 11.8 Å². The maximum Gasteiger partial charge on any atom is 0.306 e. The number of Topliss-reactive ketones (excluding diaryl/α,β-unsaturated/α-hetero) is 1. The number of para-hydroxylation sites is 1. The molecule has 0 fully saturated rings. The highest BCUT2D eigenvalue weighted by Crippen LogP contribution is 2.26. The molecule has 0 bridgehead atoms. The molecule has 0 saturated heterocycles. The van der Waals surface area contributed by atoms with Crippen molar-refractivity contribution < 1.29 is 19.1 Å². The average molecular weight is 410 g/mol. The molecule has 0 atom stereocenters. The number of ether oxygens (including phenoxy) is 1. The van der Waals surface area contributed by atoms with E-state index in [1.165, 1.54) is 11.8 Å². The van der Waals surface area contributed by atoms with E-state index in [0.717, 1.165) is 16.0 Å². The molecule has 7 heteroatoms. The molecule has 0 aromatic heterocycles. The highest BCUT2D eigenvalue weighted by atomic mass is 32.2. The van der Waals surface area contributed by atoms with Crippen molar-refractivity contribution in [3.05, 3.63) is 59.2 Å². The Hall–Kier alpha value is -3.11. The van der Waals surface area contributed by atoms with Gasteiger partial charge in [-0.2, -0.15) is 5.26 Å². The second-order valence-corrected chi connectivity index (χ2v) is 7.39. The molecule has 0 heterocycles. The van der Waals surface area contributed by atoms with Crippen LogP contribution < -0.4 is 5.32 Å². The van der Waals surface area contributed by atoms with Crippen LogP contribution in [-0.4, -0.2) is 30.0 Å². The molecule has 0 saturated carbocycles. The standard InChI is InChI=1S/C22H22N2O4S/c1-15-7-8-17(13-16(15)2)19(25)9-10-22(27)28-14-21(26)24-18-5-3-4-6-20(18)29-12-11-23/h3-8,13H,9-10,12,14H2,1-2H3,(H,24,26). The Morgan fingerprint density at radius 2 is 1.83 bits per heavy atom. The van der Waals surface area contributed by atoms with Crippen molar-refractivity contribution in [3.8, 4) is 6.07 Å². The van der Waals surface area contributed by atoms with Gasteiger partial charge < -0.3 is 10.1 Å². The Balaban J connectivity index is 1.79. The Bertz CT molecular complexity index is 950. The summed E-state index contributed by atoms with van der Waals surface area (Å²) in [5, 5.41) is 11.4. The maximum absolute atomic E-state index is 12.2. The van der Waals surface area contributed by atoms with Crippen molar-refractivity contribution in [1.29, 1.82) is 5.26 Å². The number of anilines is 1. The van der Waals surface area contributed by atoms with Crippen LogP contribution in [0.4, 0.5) is 5.69 Å². The first-order valence-electron chi connectivity index (χ1n) is 9.05. The molecule has 2 aromatic rings. The summed E-state index contributed by atoms with van der Waals surface area (Å²) in [5.41, 5.74) is 3.23. The number of amides is 1. The number of carbonyl (C=O) groups is 3. The van der Waals surface area contributed by atoms with E-state index in [-0.39, 0.29) is 24.4 Å². The number of carbonyl (C=O) groups excluding carboxylic acids is 3. The van der Waals surface area contributed by atoms with Crippen molar-refractivity contribution in [2.75, 3.05) is 17.7 Å². The Kier molecular flexibility index (Phi) is 8.44. The summed E-state index contributed by atoms with van der Waals surface area (Å²) in [6.45, 7) is 3.45. The number of aryl methyl sites for hydroxylation is 2. The molecule has 150 valence electrons. The molecule has 0 aliphatic carbocycles. The van der Waals surface area contributed by atoms with Gasteiger partial charge in [0.1, 0.15) is 0 Å². The minimum absolute atomic E-state index is 0.0244. The summed E-state index contributed by atoms with van der Waals surface area (Å²) in [7, 11) is 0. The second-order valence-electron chi connectivity index (χ2n) is 6.37. The van der Waals surface area contributed by atoms with E-state index in [9.17, 15) is 14.4 Å². The number of nitrogens with one attached hydrogen (secondary N) is 1. The molecule has 1 N–H and O–H groups in total. The first-order chi connectivity index (χ1) is 13.9. The normalized spacial score (nSPS) is 10.1. The number of esters is 1. The van der Waals surface area contributed by atoms with Gasteiger partial charge in [-0.1, -0.05) is 24.3 Å². The van der Waals surface area contributed by atoms with Crippen LogP contribution >= 0.6 is 11.8 Å². The van der Waals surface area contributed by atoms with Gasteiger partial charge in [-0.25, -0.2) is 0 Å². The fraction of sp³-hybridized carbons (Fsp3) is 0.273. The van der Waals surface area contributed by atoms with Crippen LogP contribution in [0.15, 0.2) is 47.4 Å². The number of benzene rings is 2. The van der Waals surface area contributed by atoms with Crippen molar-refractivity contribution in [3.63, 3.8) is 0 Å². The van der Waals surface area contributed by atoms with Crippen molar-refractivity contribution >= 4 is 35.1 Å². The first-order valence-corrected chi connectivity index (χ1v) is 10.0. The van der Waals surface area contributed by atoms with E-state index in [2.05, 4.69) is 5.32 Å². The molecule has 29 heavy (non-hydrogen) atoms. The van der Waals surface area contributed by atoms with Crippen molar-refractivity contribution in [2.24, 2.45) is 0 Å². The molecule has 1 amide bonds. The molecular weight excluding hydrogens is 388 g/mol. The van der Waals surface area contributed by atoms with E-state index in [1.807, 2.05) is 32.0 Å². The van der Waals surface area contributed by atoms with Crippen molar-refractivity contribution in [2.45, 2.75) is 31.6 Å². The average Bonchev–Trinajstić information content (AvgIpc) is 2.71. The van der Waals surface area contributed by atoms with Crippen LogP contribution in [0, 0.1) is 25.2 Å². The smallest absolute Gasteiger partial charge is 0.306 e. The third kappa shape index (κ3) is 7.09. The molecule has 0 radical (unpaired) electrons. The lowest BCUT2D eigenvalue weighted by Crippen LogP contribution is -2.21. The summed E-state index contributed by atoms with van der Waals surface area (Å²) >= 11 is 1.30. The number of ketones is 1. The van der Waals surface area contributed by atoms with Crippen LogP contribution in [0.2, 0.25) is 0 Å². The third-order valence-electron chi connectivity index (χ3n) is 4.20. The summed E-state index contributed by atoms with van der Waals surface area (Å²) < 4.78 is 4.96. The van der Waals surface area contributed by atoms with E-state index >= 15 is 0 Å². The molecule has 0 unspecified atom stereocenters. The van der Waals surface area contributed by atoms with Crippen LogP contribution in [0.5, 0.6) is 0 Å². The van der Waals surface area contributed by atoms with E-state index < -0.39 is 18.5 Å². The molecule has 2 rings (SSSR count). The summed E-state index contributed by atoms with van der Waals surface area (Å²) in [6, 6.07) is 14.5. The molecule has 0 spiro atoms. The third-order valence-corrected chi connectivity index (χ3v) is 5.14. The quantitative estimate of drug-likeness (QED) is 0.380. The Labute approximate surface area is 174 Å². The fourth-order valence-electron chi connectivity index (χ4n) is 2.49. The summed E-state index contributed by atoms with van der Waals surface area (Å²) in [4.78, 5) is 36.9. The predicted octanol–water partition coefficient (Wildman–Crippen LogP) is 4.06. The fourth-order valence-corrected chi connectivity index (χ4v) is 3.15. The zero-order valence-electron chi connectivity index (χ0n) is 16.4. The van der Waals surface area contributed by atoms with Gasteiger partial charge >= 0.3 is 5.97 Å². The number of rotatable bonds is 9. The number of thioether (sulfide) groups is 1. The second kappa shape index (κ2) is 11.0. The van der Waals surface area contributed by atoms with Gasteiger partial charge in [-0.05, 0) is 43.2 Å². The van der Waals surface area contributed by atoms with Gasteiger partial charge in [0, 0.05) is 16.9 Å². The van der Waals surface area contributed by atoms with E-state index in [1.54, 1.807) is 30.3 Å². The van der Waals surface area contributed by atoms with Gasteiger partial charge in [-0.3, -0.25) is 14.4 Å². The highest BCUT2D eigenvalue weighted by molar-refractivity contribution is 7.99. The van der Waals surface area contributed by atoms with Crippen LogP contribution in [-0.2, 0) is 14.3 Å². The molecule has 0 aliphatic rings. The first kappa shape index (κ1) is 22.2. The molecular formula is C22H22N2O4S. The summed E-state index contributed by atoms with van der Waals surface area (Å²) in [6.07, 6.45) is -0.0652. The minimum atomic E-state index is -0.607. The topological polar surface area (TPSA) is 96.3 Å². The Morgan fingerprint density at radius 1 is 1.07 bits per heavy atom. The largest absolute Gasteiger partial charge is 0.456 e. The van der Waals surface area contributed by atoms with E-state index in [4.69, 9.17) is 10.00 Å². The molecule has 2 aromatic carbocycles. The lowest BCUT2D eigenvalue weighted by Gasteiger charge is -2.10.